The van der Waals surface area contributed by atoms with Crippen molar-refractivity contribution in [2.24, 2.45) is 0 Å². The first-order valence-corrected chi connectivity index (χ1v) is 9.56. The monoisotopic (exact) mass is 408 g/mol. The average molecular weight is 409 g/mol. The highest BCUT2D eigenvalue weighted by molar-refractivity contribution is 6.28. The van der Waals surface area contributed by atoms with Gasteiger partial charge in [-0.05, 0) is 41.4 Å². The van der Waals surface area contributed by atoms with E-state index in [1.165, 1.54) is 5.56 Å². The number of halogens is 1. The van der Waals surface area contributed by atoms with Crippen LogP contribution in [0.3, 0.4) is 0 Å². The second-order valence-corrected chi connectivity index (χ2v) is 6.90. The quantitative estimate of drug-likeness (QED) is 0.447. The van der Waals surface area contributed by atoms with Gasteiger partial charge in [0.1, 0.15) is 17.0 Å². The minimum atomic E-state index is 0.198. The van der Waals surface area contributed by atoms with Crippen molar-refractivity contribution in [3.8, 4) is 11.5 Å². The van der Waals surface area contributed by atoms with Gasteiger partial charge in [0.15, 0.2) is 5.82 Å². The number of hydrogen-bond acceptors (Lipinski definition) is 5. The Hall–Kier alpha value is -3.25. The number of anilines is 1. The van der Waals surface area contributed by atoms with Gasteiger partial charge in [-0.3, -0.25) is 0 Å². The fourth-order valence-corrected chi connectivity index (χ4v) is 3.48. The predicted octanol–water partition coefficient (Wildman–Crippen LogP) is 4.61. The molecule has 0 unspecified atom stereocenters. The molecule has 4 aromatic rings. The van der Waals surface area contributed by atoms with Gasteiger partial charge in [-0.25, -0.2) is 4.52 Å². The van der Waals surface area contributed by atoms with E-state index in [1.807, 2.05) is 54.7 Å². The Morgan fingerprint density at radius 3 is 2.55 bits per heavy atom. The molecule has 6 nitrogen and oxygen atoms in total. The third kappa shape index (κ3) is 4.12. The maximum atomic E-state index is 6.22. The minimum Gasteiger partial charge on any atom is -0.497 e. The molecule has 0 N–H and O–H groups in total. The first-order chi connectivity index (χ1) is 14.2. The van der Waals surface area contributed by atoms with Gasteiger partial charge < -0.3 is 14.4 Å². The van der Waals surface area contributed by atoms with Crippen LogP contribution in [-0.2, 0) is 13.1 Å². The van der Waals surface area contributed by atoms with Gasteiger partial charge in [-0.1, -0.05) is 30.3 Å². The zero-order chi connectivity index (χ0) is 20.2. The predicted molar refractivity (Wildman–Crippen MR) is 114 cm³/mol. The Balaban J connectivity index is 1.78. The summed E-state index contributed by atoms with van der Waals surface area (Å²) < 4.78 is 12.7. The van der Waals surface area contributed by atoms with Crippen molar-refractivity contribution < 1.29 is 9.47 Å². The van der Waals surface area contributed by atoms with E-state index in [0.717, 1.165) is 28.4 Å². The summed E-state index contributed by atoms with van der Waals surface area (Å²) in [7, 11) is 3.30. The number of rotatable bonds is 7. The summed E-state index contributed by atoms with van der Waals surface area (Å²) in [5.41, 5.74) is 3.07. The van der Waals surface area contributed by atoms with Gasteiger partial charge in [0.05, 0.1) is 14.2 Å². The SMILES string of the molecule is COc1ccc(CN(Cc2ccccc2)c2nc(Cl)nn3cccc23)c(OC)c1. The zero-order valence-electron chi connectivity index (χ0n) is 16.2. The van der Waals surface area contributed by atoms with E-state index in [9.17, 15) is 0 Å². The van der Waals surface area contributed by atoms with Gasteiger partial charge in [0, 0.05) is 30.9 Å². The zero-order valence-corrected chi connectivity index (χ0v) is 17.0. The van der Waals surface area contributed by atoms with E-state index in [2.05, 4.69) is 27.1 Å². The summed E-state index contributed by atoms with van der Waals surface area (Å²) in [6.45, 7) is 1.24. The van der Waals surface area contributed by atoms with Crippen molar-refractivity contribution in [1.29, 1.82) is 0 Å². The lowest BCUT2D eigenvalue weighted by atomic mass is 10.1. The largest absolute Gasteiger partial charge is 0.497 e. The van der Waals surface area contributed by atoms with Crippen LogP contribution in [0.2, 0.25) is 5.28 Å². The molecular weight excluding hydrogens is 388 g/mol. The number of ether oxygens (including phenoxy) is 2. The maximum Gasteiger partial charge on any atom is 0.243 e. The summed E-state index contributed by atoms with van der Waals surface area (Å²) in [4.78, 5) is 6.72. The Kier molecular flexibility index (Phi) is 5.53. The molecule has 2 aromatic carbocycles. The van der Waals surface area contributed by atoms with Crippen LogP contribution in [-0.4, -0.2) is 28.8 Å². The molecule has 0 amide bonds. The molecule has 0 radical (unpaired) electrons. The second kappa shape index (κ2) is 8.41. The lowest BCUT2D eigenvalue weighted by molar-refractivity contribution is 0.390. The lowest BCUT2D eigenvalue weighted by Crippen LogP contribution is -2.24. The van der Waals surface area contributed by atoms with Crippen molar-refractivity contribution in [3.05, 3.63) is 83.3 Å². The molecule has 148 valence electrons. The summed E-state index contributed by atoms with van der Waals surface area (Å²) in [6, 6.07) is 20.0. The second-order valence-electron chi connectivity index (χ2n) is 6.56. The highest BCUT2D eigenvalue weighted by atomic mass is 35.5. The average Bonchev–Trinajstić information content (AvgIpc) is 3.22. The third-order valence-electron chi connectivity index (χ3n) is 4.72. The van der Waals surface area contributed by atoms with E-state index < -0.39 is 0 Å². The first kappa shape index (κ1) is 19.1. The molecule has 0 aliphatic heterocycles. The molecular formula is C22H21ClN4O2. The van der Waals surface area contributed by atoms with Gasteiger partial charge in [0.25, 0.3) is 0 Å². The van der Waals surface area contributed by atoms with Crippen molar-refractivity contribution >= 4 is 22.9 Å². The molecule has 0 saturated carbocycles. The first-order valence-electron chi connectivity index (χ1n) is 9.18. The van der Waals surface area contributed by atoms with E-state index in [-0.39, 0.29) is 5.28 Å². The van der Waals surface area contributed by atoms with Crippen LogP contribution < -0.4 is 14.4 Å². The minimum absolute atomic E-state index is 0.198. The summed E-state index contributed by atoms with van der Waals surface area (Å²) in [5, 5.41) is 4.45. The van der Waals surface area contributed by atoms with Gasteiger partial charge in [-0.15, -0.1) is 5.10 Å². The van der Waals surface area contributed by atoms with Crippen LogP contribution in [0.5, 0.6) is 11.5 Å². The molecule has 7 heteroatoms. The highest BCUT2D eigenvalue weighted by Gasteiger charge is 2.18. The molecule has 0 saturated heterocycles. The van der Waals surface area contributed by atoms with Crippen LogP contribution >= 0.6 is 11.6 Å². The van der Waals surface area contributed by atoms with E-state index in [1.54, 1.807) is 18.7 Å². The van der Waals surface area contributed by atoms with E-state index in [4.69, 9.17) is 21.1 Å². The standard InChI is InChI=1S/C22H21ClN4O2/c1-28-18-11-10-17(20(13-18)29-2)15-26(14-16-7-4-3-5-8-16)21-19-9-6-12-27(19)25-22(23)24-21/h3-13H,14-15H2,1-2H3. The van der Waals surface area contributed by atoms with E-state index in [0.29, 0.717) is 13.1 Å². The van der Waals surface area contributed by atoms with Gasteiger partial charge in [-0.2, -0.15) is 4.98 Å². The molecule has 0 aliphatic rings. The summed E-state index contributed by atoms with van der Waals surface area (Å²) >= 11 is 6.22. The Morgan fingerprint density at radius 2 is 1.79 bits per heavy atom. The van der Waals surface area contributed by atoms with Crippen molar-refractivity contribution in [2.45, 2.75) is 13.1 Å². The highest BCUT2D eigenvalue weighted by Crippen LogP contribution is 2.30. The fraction of sp³-hybridized carbons (Fsp3) is 0.182. The Morgan fingerprint density at radius 1 is 0.966 bits per heavy atom. The number of hydrogen-bond donors (Lipinski definition) is 0. The van der Waals surface area contributed by atoms with E-state index >= 15 is 0 Å². The molecule has 0 spiro atoms. The number of aromatic nitrogens is 3. The lowest BCUT2D eigenvalue weighted by Gasteiger charge is -2.26. The van der Waals surface area contributed by atoms with Crippen LogP contribution in [0.1, 0.15) is 11.1 Å². The summed E-state index contributed by atoms with van der Waals surface area (Å²) in [5.74, 6) is 2.27. The van der Waals surface area contributed by atoms with Crippen LogP contribution in [0.4, 0.5) is 5.82 Å². The Bertz CT molecular complexity index is 1110. The molecule has 0 atom stereocenters. The number of methoxy groups -OCH3 is 2. The topological polar surface area (TPSA) is 51.9 Å². The molecule has 2 aromatic heterocycles. The van der Waals surface area contributed by atoms with Crippen LogP contribution in [0, 0.1) is 0 Å². The molecule has 0 bridgehead atoms. The summed E-state index contributed by atoms with van der Waals surface area (Å²) in [6.07, 6.45) is 1.86. The molecule has 29 heavy (non-hydrogen) atoms. The van der Waals surface area contributed by atoms with Gasteiger partial charge >= 0.3 is 0 Å². The van der Waals surface area contributed by atoms with Crippen LogP contribution in [0.15, 0.2) is 66.9 Å². The van der Waals surface area contributed by atoms with Crippen molar-refractivity contribution in [1.82, 2.24) is 14.6 Å². The Labute approximate surface area is 174 Å². The maximum absolute atomic E-state index is 6.22. The molecule has 2 heterocycles. The fourth-order valence-electron chi connectivity index (χ4n) is 3.32. The smallest absolute Gasteiger partial charge is 0.243 e. The third-order valence-corrected chi connectivity index (χ3v) is 4.88. The number of fused-ring (bicyclic) bond motifs is 1. The molecule has 0 aliphatic carbocycles. The molecule has 4 rings (SSSR count). The van der Waals surface area contributed by atoms with Crippen LogP contribution in [0.25, 0.3) is 5.52 Å². The normalized spacial score (nSPS) is 10.9. The number of nitrogens with zero attached hydrogens (tertiary/aromatic N) is 4. The van der Waals surface area contributed by atoms with Gasteiger partial charge in [0.2, 0.25) is 5.28 Å². The molecule has 0 fully saturated rings. The number of benzene rings is 2. The van der Waals surface area contributed by atoms with Crippen molar-refractivity contribution in [3.63, 3.8) is 0 Å². The van der Waals surface area contributed by atoms with Crippen molar-refractivity contribution in [2.75, 3.05) is 19.1 Å².